The Morgan fingerprint density at radius 3 is 2.72 bits per heavy atom. The number of carbonyl (C=O) groups is 2. The Kier molecular flexibility index (Phi) is 7.26. The number of hydrogen-bond acceptors (Lipinski definition) is 10. The quantitative estimate of drug-likeness (QED) is 0.319. The molecule has 202 valence electrons. The van der Waals surface area contributed by atoms with Crippen LogP contribution in [-0.2, 0) is 9.53 Å². The number of carboxylic acids is 1. The Bertz CT molecular complexity index is 1580. The molecule has 5 rings (SSSR count). The minimum Gasteiger partial charge on any atom is -0.477 e. The maximum Gasteiger partial charge on any atom is 0.341 e. The molecule has 0 aromatic carbocycles. The molecule has 0 bridgehead atoms. The molecule has 39 heavy (non-hydrogen) atoms. The SMILES string of the molecule is COCCN(C)c1ccc(NC(=O)C2CN(c3cc(C)c4c(=O)c(C(=O)O)cn(-c5nccs5)c4n3)C2)nc1. The third-order valence-electron chi connectivity index (χ3n) is 6.64. The third kappa shape index (κ3) is 5.18. The fourth-order valence-electron chi connectivity index (χ4n) is 4.38. The molecule has 2 N–H and O–H groups in total. The van der Waals surface area contributed by atoms with E-state index in [-0.39, 0.29) is 22.8 Å². The highest BCUT2D eigenvalue weighted by Crippen LogP contribution is 2.29. The van der Waals surface area contributed by atoms with E-state index >= 15 is 0 Å². The first kappa shape index (κ1) is 26.3. The molecule has 1 saturated heterocycles. The summed E-state index contributed by atoms with van der Waals surface area (Å²) >= 11 is 1.30. The van der Waals surface area contributed by atoms with Gasteiger partial charge < -0.3 is 25.0 Å². The number of carbonyl (C=O) groups excluding carboxylic acids is 1. The van der Waals surface area contributed by atoms with Crippen molar-refractivity contribution in [2.75, 3.05) is 55.5 Å². The van der Waals surface area contributed by atoms with Crippen LogP contribution in [0.1, 0.15) is 15.9 Å². The molecule has 4 aromatic heterocycles. The number of nitrogens with zero attached hydrogens (tertiary/aromatic N) is 6. The van der Waals surface area contributed by atoms with Gasteiger partial charge in [-0.05, 0) is 30.7 Å². The standard InChI is InChI=1S/C26H27N7O5S/c1-15-10-20(30-23-21(15)22(34)18(25(36)37)14-33(23)26-27-6-9-39-26)32-12-16(13-32)24(35)29-19-5-4-17(11-28-19)31(2)7-8-38-3/h4-6,9-11,14,16H,7-8,12-13H2,1-3H3,(H,36,37)(H,28,29,35). The molecule has 0 saturated carbocycles. The molecule has 1 aliphatic rings. The molecule has 1 aliphatic heterocycles. The van der Waals surface area contributed by atoms with Crippen molar-refractivity contribution in [3.8, 4) is 5.13 Å². The number of hydrogen-bond donors (Lipinski definition) is 2. The van der Waals surface area contributed by atoms with E-state index in [0.717, 1.165) is 12.2 Å². The van der Waals surface area contributed by atoms with Gasteiger partial charge in [-0.3, -0.25) is 14.2 Å². The molecular formula is C26H27N7O5S. The van der Waals surface area contributed by atoms with Gasteiger partial charge in [-0.1, -0.05) is 0 Å². The van der Waals surface area contributed by atoms with Crippen molar-refractivity contribution in [1.82, 2.24) is 19.5 Å². The molecule has 0 aliphatic carbocycles. The highest BCUT2D eigenvalue weighted by atomic mass is 32.1. The first-order valence-electron chi connectivity index (χ1n) is 12.2. The fourth-order valence-corrected chi connectivity index (χ4v) is 4.99. The molecule has 0 spiro atoms. The number of rotatable bonds is 9. The number of fused-ring (bicyclic) bond motifs is 1. The number of thiazole rings is 1. The van der Waals surface area contributed by atoms with Gasteiger partial charge in [-0.25, -0.2) is 19.7 Å². The topological polar surface area (TPSA) is 143 Å². The minimum absolute atomic E-state index is 0.137. The number of methoxy groups -OCH3 is 1. The highest BCUT2D eigenvalue weighted by molar-refractivity contribution is 7.12. The molecule has 12 nitrogen and oxygen atoms in total. The third-order valence-corrected chi connectivity index (χ3v) is 7.42. The predicted octanol–water partition coefficient (Wildman–Crippen LogP) is 2.40. The van der Waals surface area contributed by atoms with Crippen molar-refractivity contribution in [3.63, 3.8) is 0 Å². The Hall–Kier alpha value is -4.36. The molecule has 1 fully saturated rings. The second kappa shape index (κ2) is 10.8. The zero-order valence-corrected chi connectivity index (χ0v) is 22.4. The van der Waals surface area contributed by atoms with Gasteiger partial charge in [-0.2, -0.15) is 0 Å². The van der Waals surface area contributed by atoms with Crippen molar-refractivity contribution < 1.29 is 19.4 Å². The summed E-state index contributed by atoms with van der Waals surface area (Å²) in [5.41, 5.74) is 0.901. The summed E-state index contributed by atoms with van der Waals surface area (Å²) in [6, 6.07) is 5.41. The monoisotopic (exact) mass is 549 g/mol. The number of amides is 1. The zero-order chi connectivity index (χ0) is 27.7. The van der Waals surface area contributed by atoms with Crippen LogP contribution in [0, 0.1) is 12.8 Å². The van der Waals surface area contributed by atoms with Crippen LogP contribution in [0.25, 0.3) is 16.2 Å². The Balaban J connectivity index is 1.33. The van der Waals surface area contributed by atoms with Crippen LogP contribution in [0.3, 0.4) is 0 Å². The lowest BCUT2D eigenvalue weighted by atomic mass is 9.98. The Morgan fingerprint density at radius 2 is 2.08 bits per heavy atom. The second-order valence-corrected chi connectivity index (χ2v) is 10.1. The maximum absolute atomic E-state index is 13.0. The van der Waals surface area contributed by atoms with E-state index < -0.39 is 11.4 Å². The molecule has 0 atom stereocenters. The van der Waals surface area contributed by atoms with Crippen molar-refractivity contribution >= 4 is 51.6 Å². The first-order valence-corrected chi connectivity index (χ1v) is 13.1. The number of aromatic carboxylic acids is 1. The average molecular weight is 550 g/mol. The lowest BCUT2D eigenvalue weighted by molar-refractivity contribution is -0.120. The van der Waals surface area contributed by atoms with E-state index in [2.05, 4.69) is 15.3 Å². The van der Waals surface area contributed by atoms with Crippen LogP contribution >= 0.6 is 11.3 Å². The lowest BCUT2D eigenvalue weighted by Crippen LogP contribution is -2.52. The normalized spacial score (nSPS) is 13.4. The summed E-state index contributed by atoms with van der Waals surface area (Å²) < 4.78 is 6.63. The van der Waals surface area contributed by atoms with E-state index in [1.165, 1.54) is 22.1 Å². The number of aryl methyl sites for hydroxylation is 1. The number of nitrogens with one attached hydrogen (secondary N) is 1. The van der Waals surface area contributed by atoms with Gasteiger partial charge in [-0.15, -0.1) is 11.3 Å². The summed E-state index contributed by atoms with van der Waals surface area (Å²) in [7, 11) is 3.60. The maximum atomic E-state index is 13.0. The van der Waals surface area contributed by atoms with Gasteiger partial charge in [0, 0.05) is 51.6 Å². The summed E-state index contributed by atoms with van der Waals surface area (Å²) in [6.07, 6.45) is 4.57. The van der Waals surface area contributed by atoms with E-state index in [9.17, 15) is 19.5 Å². The van der Waals surface area contributed by atoms with Crippen molar-refractivity contribution in [2.24, 2.45) is 5.92 Å². The first-order chi connectivity index (χ1) is 18.8. The minimum atomic E-state index is -1.31. The Morgan fingerprint density at radius 1 is 1.28 bits per heavy atom. The van der Waals surface area contributed by atoms with Crippen LogP contribution in [0.2, 0.25) is 0 Å². The highest BCUT2D eigenvalue weighted by Gasteiger charge is 2.34. The van der Waals surface area contributed by atoms with Gasteiger partial charge in [0.25, 0.3) is 0 Å². The van der Waals surface area contributed by atoms with Crippen LogP contribution in [-0.4, -0.2) is 76.9 Å². The number of carboxylic acid groups (broad SMARTS) is 1. The average Bonchev–Trinajstić information content (AvgIpc) is 3.41. The summed E-state index contributed by atoms with van der Waals surface area (Å²) in [4.78, 5) is 54.8. The number of ether oxygens (including phenoxy) is 1. The summed E-state index contributed by atoms with van der Waals surface area (Å²) in [5, 5.41) is 14.9. The fraction of sp³-hybridized carbons (Fsp3) is 0.308. The van der Waals surface area contributed by atoms with E-state index in [1.807, 2.05) is 22.9 Å². The molecule has 4 aromatic rings. The van der Waals surface area contributed by atoms with Crippen molar-refractivity contribution in [2.45, 2.75) is 6.92 Å². The van der Waals surface area contributed by atoms with Gasteiger partial charge in [0.15, 0.2) is 10.8 Å². The number of likely N-dealkylation sites (N-methyl/N-ethyl adjacent to an activating group) is 1. The molecule has 1 amide bonds. The number of aromatic nitrogens is 4. The van der Waals surface area contributed by atoms with E-state index in [4.69, 9.17) is 9.72 Å². The van der Waals surface area contributed by atoms with Crippen LogP contribution < -0.4 is 20.5 Å². The largest absolute Gasteiger partial charge is 0.477 e. The molecule has 0 radical (unpaired) electrons. The summed E-state index contributed by atoms with van der Waals surface area (Å²) in [5.74, 6) is -0.636. The summed E-state index contributed by atoms with van der Waals surface area (Å²) in [6.45, 7) is 3.96. The van der Waals surface area contributed by atoms with Crippen LogP contribution in [0.4, 0.5) is 17.3 Å². The lowest BCUT2D eigenvalue weighted by Gasteiger charge is -2.39. The molecule has 0 unspecified atom stereocenters. The van der Waals surface area contributed by atoms with Crippen LogP contribution in [0.15, 0.2) is 47.0 Å². The molecule has 5 heterocycles. The number of pyridine rings is 3. The van der Waals surface area contributed by atoms with E-state index in [1.54, 1.807) is 43.9 Å². The van der Waals surface area contributed by atoms with Gasteiger partial charge in [0.2, 0.25) is 11.3 Å². The molecule has 13 heteroatoms. The molecular weight excluding hydrogens is 522 g/mol. The van der Waals surface area contributed by atoms with Gasteiger partial charge in [0.05, 0.1) is 29.8 Å². The second-order valence-electron chi connectivity index (χ2n) is 9.26. The van der Waals surface area contributed by atoms with Gasteiger partial charge >= 0.3 is 5.97 Å². The van der Waals surface area contributed by atoms with Gasteiger partial charge in [0.1, 0.15) is 17.2 Å². The van der Waals surface area contributed by atoms with Crippen LogP contribution in [0.5, 0.6) is 0 Å². The zero-order valence-electron chi connectivity index (χ0n) is 21.6. The number of anilines is 3. The predicted molar refractivity (Wildman–Crippen MR) is 148 cm³/mol. The van der Waals surface area contributed by atoms with E-state index in [0.29, 0.717) is 47.7 Å². The Labute approximate surface area is 227 Å². The smallest absolute Gasteiger partial charge is 0.341 e. The van der Waals surface area contributed by atoms with Crippen molar-refractivity contribution in [1.29, 1.82) is 0 Å². The van der Waals surface area contributed by atoms with Crippen molar-refractivity contribution in [3.05, 3.63) is 63.5 Å².